The van der Waals surface area contributed by atoms with Gasteiger partial charge in [0.25, 0.3) is 0 Å². The molecule has 0 fully saturated rings. The van der Waals surface area contributed by atoms with Crippen molar-refractivity contribution in [3.8, 4) is 0 Å². The largest absolute Gasteiger partial charge is 0.392 e. The highest BCUT2D eigenvalue weighted by atomic mass is 32.2. The Bertz CT molecular complexity index is 447. The first-order chi connectivity index (χ1) is 7.03. The van der Waals surface area contributed by atoms with Crippen LogP contribution >= 0.6 is 0 Å². The van der Waals surface area contributed by atoms with Crippen LogP contribution < -0.4 is 0 Å². The quantitative estimate of drug-likeness (QED) is 0.840. The van der Waals surface area contributed by atoms with Crippen molar-refractivity contribution >= 4 is 15.9 Å². The van der Waals surface area contributed by atoms with Crippen LogP contribution in [0.4, 0.5) is 0 Å². The molecule has 0 atom stereocenters. The molecule has 0 saturated carbocycles. The first-order valence-corrected chi connectivity index (χ1v) is 6.62. The predicted octanol–water partition coefficient (Wildman–Crippen LogP) is 1.24. The third-order valence-electron chi connectivity index (χ3n) is 1.88. The van der Waals surface area contributed by atoms with Gasteiger partial charge in [0.1, 0.15) is 0 Å². The summed E-state index contributed by atoms with van der Waals surface area (Å²) in [6.07, 6.45) is 4.52. The highest BCUT2D eigenvalue weighted by Crippen LogP contribution is 2.13. The molecule has 4 heteroatoms. The van der Waals surface area contributed by atoms with E-state index >= 15 is 0 Å². The zero-order valence-corrected chi connectivity index (χ0v) is 9.37. The third-order valence-corrected chi connectivity index (χ3v) is 2.71. The minimum atomic E-state index is -3.02. The van der Waals surface area contributed by atoms with Crippen LogP contribution in [0, 0.1) is 0 Å². The fraction of sp³-hybridized carbons (Fsp3) is 0.273. The predicted molar refractivity (Wildman–Crippen MR) is 61.1 cm³/mol. The van der Waals surface area contributed by atoms with Gasteiger partial charge in [-0.2, -0.15) is 0 Å². The number of sulfone groups is 1. The standard InChI is InChI=1S/C11H14O3S/c1-15(13,14)9-11-6-3-2-5-10(11)7-4-8-12/h2-7,12H,8-9H2,1H3. The van der Waals surface area contributed by atoms with Crippen molar-refractivity contribution in [3.63, 3.8) is 0 Å². The van der Waals surface area contributed by atoms with Crippen LogP contribution in [0.15, 0.2) is 30.3 Å². The lowest BCUT2D eigenvalue weighted by Gasteiger charge is -2.03. The fourth-order valence-corrected chi connectivity index (χ4v) is 2.12. The molecule has 0 saturated heterocycles. The molecule has 0 radical (unpaired) electrons. The van der Waals surface area contributed by atoms with Crippen LogP contribution in [-0.2, 0) is 15.6 Å². The molecule has 0 bridgehead atoms. The van der Waals surface area contributed by atoms with Crippen molar-refractivity contribution in [3.05, 3.63) is 41.5 Å². The molecule has 0 amide bonds. The number of hydrogen-bond acceptors (Lipinski definition) is 3. The molecule has 1 aromatic rings. The van der Waals surface area contributed by atoms with E-state index in [1.54, 1.807) is 24.3 Å². The average Bonchev–Trinajstić information content (AvgIpc) is 2.14. The summed E-state index contributed by atoms with van der Waals surface area (Å²) in [5.41, 5.74) is 1.58. The normalized spacial score (nSPS) is 12.1. The number of rotatable bonds is 4. The van der Waals surface area contributed by atoms with Crippen molar-refractivity contribution < 1.29 is 13.5 Å². The van der Waals surface area contributed by atoms with Crippen LogP contribution in [0.5, 0.6) is 0 Å². The van der Waals surface area contributed by atoms with Gasteiger partial charge < -0.3 is 5.11 Å². The maximum atomic E-state index is 11.2. The summed E-state index contributed by atoms with van der Waals surface area (Å²) in [4.78, 5) is 0. The molecule has 0 spiro atoms. The number of benzene rings is 1. The van der Waals surface area contributed by atoms with Crippen molar-refractivity contribution in [2.75, 3.05) is 12.9 Å². The molecule has 1 rings (SSSR count). The van der Waals surface area contributed by atoms with Crippen LogP contribution in [-0.4, -0.2) is 26.4 Å². The van der Waals surface area contributed by atoms with Gasteiger partial charge in [-0.05, 0) is 11.1 Å². The van der Waals surface area contributed by atoms with E-state index in [9.17, 15) is 8.42 Å². The topological polar surface area (TPSA) is 54.4 Å². The molecular formula is C11H14O3S. The van der Waals surface area contributed by atoms with E-state index in [4.69, 9.17) is 5.11 Å². The number of aliphatic hydroxyl groups is 1. The molecule has 15 heavy (non-hydrogen) atoms. The summed E-state index contributed by atoms with van der Waals surface area (Å²) in [5, 5.41) is 8.65. The first kappa shape index (κ1) is 11.9. The minimum Gasteiger partial charge on any atom is -0.392 e. The maximum Gasteiger partial charge on any atom is 0.151 e. The van der Waals surface area contributed by atoms with Gasteiger partial charge >= 0.3 is 0 Å². The Kier molecular flexibility index (Phi) is 4.05. The summed E-state index contributed by atoms with van der Waals surface area (Å²) in [6, 6.07) is 7.24. The molecule has 1 N–H and O–H groups in total. The van der Waals surface area contributed by atoms with Gasteiger partial charge in [-0.3, -0.25) is 0 Å². The van der Waals surface area contributed by atoms with Crippen molar-refractivity contribution in [2.24, 2.45) is 0 Å². The molecule has 0 aromatic heterocycles. The SMILES string of the molecule is CS(=O)(=O)Cc1ccccc1C=CCO. The zero-order chi connectivity index (χ0) is 11.3. The minimum absolute atomic E-state index is 0.0267. The summed E-state index contributed by atoms with van der Waals surface area (Å²) in [7, 11) is -3.02. The van der Waals surface area contributed by atoms with Gasteiger partial charge in [0.2, 0.25) is 0 Å². The van der Waals surface area contributed by atoms with Crippen LogP contribution in [0.25, 0.3) is 6.08 Å². The van der Waals surface area contributed by atoms with E-state index in [0.29, 0.717) is 0 Å². The summed E-state index contributed by atoms with van der Waals surface area (Å²) in [6.45, 7) is -0.0484. The van der Waals surface area contributed by atoms with Crippen LogP contribution in [0.2, 0.25) is 0 Å². The van der Waals surface area contributed by atoms with Crippen molar-refractivity contribution in [2.45, 2.75) is 5.75 Å². The second kappa shape index (κ2) is 5.09. The van der Waals surface area contributed by atoms with E-state index in [1.165, 1.54) is 6.26 Å². The highest BCUT2D eigenvalue weighted by Gasteiger charge is 2.06. The molecule has 0 unspecified atom stereocenters. The van der Waals surface area contributed by atoms with Gasteiger partial charge in [-0.25, -0.2) is 8.42 Å². The molecular weight excluding hydrogens is 212 g/mol. The van der Waals surface area contributed by atoms with Gasteiger partial charge in [0.15, 0.2) is 9.84 Å². The van der Waals surface area contributed by atoms with E-state index < -0.39 is 9.84 Å². The smallest absolute Gasteiger partial charge is 0.151 e. The van der Waals surface area contributed by atoms with Gasteiger partial charge in [-0.1, -0.05) is 36.4 Å². The van der Waals surface area contributed by atoms with E-state index in [-0.39, 0.29) is 12.4 Å². The second-order valence-corrected chi connectivity index (χ2v) is 5.49. The van der Waals surface area contributed by atoms with Gasteiger partial charge in [-0.15, -0.1) is 0 Å². The summed E-state index contributed by atoms with van der Waals surface area (Å²) >= 11 is 0. The van der Waals surface area contributed by atoms with E-state index in [0.717, 1.165) is 11.1 Å². The van der Waals surface area contributed by atoms with Gasteiger partial charge in [0, 0.05) is 6.26 Å². The summed E-state index contributed by atoms with van der Waals surface area (Å²) in [5.74, 6) is 0.0267. The average molecular weight is 226 g/mol. The summed E-state index contributed by atoms with van der Waals surface area (Å²) < 4.78 is 22.3. The lowest BCUT2D eigenvalue weighted by Crippen LogP contribution is -2.02. The van der Waals surface area contributed by atoms with Crippen LogP contribution in [0.3, 0.4) is 0 Å². The maximum absolute atomic E-state index is 11.2. The first-order valence-electron chi connectivity index (χ1n) is 4.56. The highest BCUT2D eigenvalue weighted by molar-refractivity contribution is 7.89. The molecule has 0 aliphatic heterocycles. The van der Waals surface area contributed by atoms with Crippen LogP contribution in [0.1, 0.15) is 11.1 Å². The Labute approximate surface area is 90.0 Å². The Morgan fingerprint density at radius 2 is 2.00 bits per heavy atom. The number of aliphatic hydroxyl groups excluding tert-OH is 1. The Hall–Kier alpha value is -1.13. The lowest BCUT2D eigenvalue weighted by molar-refractivity contribution is 0.343. The molecule has 0 aliphatic carbocycles. The van der Waals surface area contributed by atoms with E-state index in [2.05, 4.69) is 0 Å². The van der Waals surface area contributed by atoms with Crippen molar-refractivity contribution in [1.82, 2.24) is 0 Å². The zero-order valence-electron chi connectivity index (χ0n) is 8.55. The lowest BCUT2D eigenvalue weighted by atomic mass is 10.1. The molecule has 0 heterocycles. The Morgan fingerprint density at radius 3 is 2.60 bits per heavy atom. The monoisotopic (exact) mass is 226 g/mol. The Morgan fingerprint density at radius 1 is 1.33 bits per heavy atom. The number of hydrogen-bond donors (Lipinski definition) is 1. The molecule has 3 nitrogen and oxygen atoms in total. The molecule has 82 valence electrons. The van der Waals surface area contributed by atoms with Crippen molar-refractivity contribution in [1.29, 1.82) is 0 Å². The molecule has 1 aromatic carbocycles. The fourth-order valence-electron chi connectivity index (χ4n) is 1.29. The van der Waals surface area contributed by atoms with E-state index in [1.807, 2.05) is 12.1 Å². The second-order valence-electron chi connectivity index (χ2n) is 3.35. The van der Waals surface area contributed by atoms with Gasteiger partial charge in [0.05, 0.1) is 12.4 Å². The molecule has 0 aliphatic rings. The Balaban J connectivity index is 3.01. The third kappa shape index (κ3) is 4.27.